The van der Waals surface area contributed by atoms with E-state index in [0.29, 0.717) is 13.1 Å². The van der Waals surface area contributed by atoms with Crippen LogP contribution in [0.2, 0.25) is 0 Å². The minimum Gasteiger partial charge on any atom is -0.467 e. The van der Waals surface area contributed by atoms with E-state index in [2.05, 4.69) is 27.0 Å². The number of carbonyl (C=O) groups is 1. The van der Waals surface area contributed by atoms with Gasteiger partial charge in [-0.3, -0.25) is 0 Å². The number of urea groups is 1. The largest absolute Gasteiger partial charge is 0.467 e. The van der Waals surface area contributed by atoms with Gasteiger partial charge in [-0.2, -0.15) is 11.3 Å². The zero-order valence-electron chi connectivity index (χ0n) is 11.6. The average molecular weight is 293 g/mol. The molecule has 1 unspecified atom stereocenters. The number of furan rings is 1. The molecule has 0 aromatic carbocycles. The van der Waals surface area contributed by atoms with Crippen molar-refractivity contribution in [2.24, 2.45) is 0 Å². The van der Waals surface area contributed by atoms with Crippen LogP contribution in [0, 0.1) is 0 Å². The molecule has 0 fully saturated rings. The number of rotatable bonds is 6. The maximum absolute atomic E-state index is 11.8. The van der Waals surface area contributed by atoms with Crippen molar-refractivity contribution in [3.05, 3.63) is 46.5 Å². The Morgan fingerprint density at radius 1 is 1.40 bits per heavy atom. The highest BCUT2D eigenvalue weighted by atomic mass is 32.1. The van der Waals surface area contributed by atoms with Gasteiger partial charge in [0.05, 0.1) is 18.8 Å². The number of nitrogens with one attached hydrogen (secondary N) is 2. The molecule has 0 spiro atoms. The Morgan fingerprint density at radius 2 is 2.25 bits per heavy atom. The lowest BCUT2D eigenvalue weighted by molar-refractivity contribution is 0.231. The van der Waals surface area contributed by atoms with Crippen LogP contribution in [0.3, 0.4) is 0 Å². The molecule has 0 aliphatic rings. The van der Waals surface area contributed by atoms with Gasteiger partial charge in [-0.05, 0) is 48.6 Å². The molecular weight excluding hydrogens is 274 g/mol. The van der Waals surface area contributed by atoms with Crippen LogP contribution in [-0.4, -0.2) is 31.6 Å². The summed E-state index contributed by atoms with van der Waals surface area (Å²) in [6, 6.07) is 5.69. The first-order valence-electron chi connectivity index (χ1n) is 6.39. The lowest BCUT2D eigenvalue weighted by Crippen LogP contribution is -2.40. The molecule has 2 N–H and O–H groups in total. The molecule has 0 saturated carbocycles. The number of carbonyl (C=O) groups excluding carboxylic acids is 1. The van der Waals surface area contributed by atoms with Gasteiger partial charge in [-0.25, -0.2) is 4.79 Å². The van der Waals surface area contributed by atoms with Crippen LogP contribution in [0.4, 0.5) is 4.79 Å². The summed E-state index contributed by atoms with van der Waals surface area (Å²) in [5.74, 6) is 0.738. The van der Waals surface area contributed by atoms with Gasteiger partial charge in [0.25, 0.3) is 0 Å². The van der Waals surface area contributed by atoms with E-state index in [0.717, 1.165) is 5.76 Å². The molecular formula is C14H19N3O2S. The van der Waals surface area contributed by atoms with E-state index in [-0.39, 0.29) is 12.1 Å². The second-order valence-corrected chi connectivity index (χ2v) is 5.46. The molecule has 0 radical (unpaired) electrons. The Hall–Kier alpha value is -1.79. The van der Waals surface area contributed by atoms with E-state index in [1.54, 1.807) is 23.7 Å². The summed E-state index contributed by atoms with van der Waals surface area (Å²) in [5, 5.41) is 9.80. The van der Waals surface area contributed by atoms with E-state index in [1.165, 1.54) is 5.56 Å². The highest BCUT2D eigenvalue weighted by Gasteiger charge is 2.15. The van der Waals surface area contributed by atoms with Crippen LogP contribution < -0.4 is 10.6 Å². The van der Waals surface area contributed by atoms with Gasteiger partial charge in [-0.15, -0.1) is 0 Å². The lowest BCUT2D eigenvalue weighted by Gasteiger charge is -2.24. The Balaban J connectivity index is 1.79. The molecule has 20 heavy (non-hydrogen) atoms. The highest BCUT2D eigenvalue weighted by Crippen LogP contribution is 2.19. The summed E-state index contributed by atoms with van der Waals surface area (Å²) in [6.45, 7) is 0.956. The maximum Gasteiger partial charge on any atom is 0.315 e. The van der Waals surface area contributed by atoms with Gasteiger partial charge >= 0.3 is 6.03 Å². The topological polar surface area (TPSA) is 57.5 Å². The molecule has 2 aromatic heterocycles. The predicted octanol–water partition coefficient (Wildman–Crippen LogP) is 2.44. The molecule has 1 atom stereocenters. The van der Waals surface area contributed by atoms with Crippen molar-refractivity contribution in [1.82, 2.24) is 15.5 Å². The fraction of sp³-hybridized carbons (Fsp3) is 0.357. The first-order chi connectivity index (χ1) is 9.66. The third-order valence-corrected chi connectivity index (χ3v) is 3.71. The molecule has 0 bridgehead atoms. The first kappa shape index (κ1) is 14.6. The smallest absolute Gasteiger partial charge is 0.315 e. The van der Waals surface area contributed by atoms with E-state index in [4.69, 9.17) is 4.42 Å². The number of likely N-dealkylation sites (N-methyl/N-ethyl adjacent to an activating group) is 1. The van der Waals surface area contributed by atoms with E-state index >= 15 is 0 Å². The normalized spacial score (nSPS) is 12.3. The summed E-state index contributed by atoms with van der Waals surface area (Å²) < 4.78 is 5.16. The van der Waals surface area contributed by atoms with E-state index < -0.39 is 0 Å². The third-order valence-electron chi connectivity index (χ3n) is 3.01. The third kappa shape index (κ3) is 4.11. The quantitative estimate of drug-likeness (QED) is 0.860. The van der Waals surface area contributed by atoms with Gasteiger partial charge in [0.2, 0.25) is 0 Å². The zero-order valence-corrected chi connectivity index (χ0v) is 12.4. The molecule has 2 heterocycles. The van der Waals surface area contributed by atoms with Crippen LogP contribution in [0.15, 0.2) is 39.6 Å². The number of thiophene rings is 1. The van der Waals surface area contributed by atoms with Gasteiger partial charge in [-0.1, -0.05) is 0 Å². The van der Waals surface area contributed by atoms with Crippen LogP contribution in [0.5, 0.6) is 0 Å². The highest BCUT2D eigenvalue weighted by molar-refractivity contribution is 7.07. The molecule has 2 amide bonds. The summed E-state index contributed by atoms with van der Waals surface area (Å²) in [7, 11) is 4.01. The molecule has 0 aliphatic carbocycles. The van der Waals surface area contributed by atoms with Gasteiger partial charge in [0, 0.05) is 6.54 Å². The van der Waals surface area contributed by atoms with Crippen molar-refractivity contribution in [3.63, 3.8) is 0 Å². The maximum atomic E-state index is 11.8. The fourth-order valence-electron chi connectivity index (χ4n) is 1.90. The second kappa shape index (κ2) is 7.12. The van der Waals surface area contributed by atoms with Crippen molar-refractivity contribution in [3.8, 4) is 0 Å². The first-order valence-corrected chi connectivity index (χ1v) is 7.33. The fourth-order valence-corrected chi connectivity index (χ4v) is 2.60. The molecule has 0 saturated heterocycles. The molecule has 0 aliphatic heterocycles. The zero-order chi connectivity index (χ0) is 14.4. The lowest BCUT2D eigenvalue weighted by atomic mass is 10.1. The minimum absolute atomic E-state index is 0.176. The summed E-state index contributed by atoms with van der Waals surface area (Å²) in [5.41, 5.74) is 1.21. The predicted molar refractivity (Wildman–Crippen MR) is 79.7 cm³/mol. The van der Waals surface area contributed by atoms with E-state index in [9.17, 15) is 4.79 Å². The standard InChI is InChI=1S/C14H19N3O2S/c1-17(2)13(11-5-7-20-10-11)9-16-14(18)15-8-12-4-3-6-19-12/h3-7,10,13H,8-9H2,1-2H3,(H2,15,16,18). The Labute approximate surface area is 122 Å². The van der Waals surface area contributed by atoms with Crippen LogP contribution in [0.25, 0.3) is 0 Å². The average Bonchev–Trinajstić information content (AvgIpc) is 3.09. The molecule has 6 heteroatoms. The van der Waals surface area contributed by atoms with Crippen LogP contribution in [0.1, 0.15) is 17.4 Å². The monoisotopic (exact) mass is 293 g/mol. The molecule has 2 aromatic rings. The van der Waals surface area contributed by atoms with Crippen LogP contribution in [-0.2, 0) is 6.54 Å². The molecule has 2 rings (SSSR count). The van der Waals surface area contributed by atoms with Gasteiger partial charge < -0.3 is 20.0 Å². The second-order valence-electron chi connectivity index (χ2n) is 4.68. The van der Waals surface area contributed by atoms with Crippen molar-refractivity contribution < 1.29 is 9.21 Å². The number of amides is 2. The van der Waals surface area contributed by atoms with Gasteiger partial charge in [0.15, 0.2) is 0 Å². The number of hydrogen-bond donors (Lipinski definition) is 2. The minimum atomic E-state index is -0.191. The number of hydrogen-bond acceptors (Lipinski definition) is 4. The summed E-state index contributed by atoms with van der Waals surface area (Å²) in [6.07, 6.45) is 1.59. The Bertz CT molecular complexity index is 509. The SMILES string of the molecule is CN(C)C(CNC(=O)NCc1ccco1)c1ccsc1. The Morgan fingerprint density at radius 3 is 2.85 bits per heavy atom. The molecule has 108 valence electrons. The Kier molecular flexibility index (Phi) is 5.20. The molecule has 5 nitrogen and oxygen atoms in total. The summed E-state index contributed by atoms with van der Waals surface area (Å²) in [4.78, 5) is 13.8. The van der Waals surface area contributed by atoms with E-state index in [1.807, 2.05) is 25.5 Å². The van der Waals surface area contributed by atoms with Crippen LogP contribution >= 0.6 is 11.3 Å². The van der Waals surface area contributed by atoms with Crippen molar-refractivity contribution >= 4 is 17.4 Å². The number of nitrogens with zero attached hydrogens (tertiary/aromatic N) is 1. The van der Waals surface area contributed by atoms with Gasteiger partial charge in [0.1, 0.15) is 5.76 Å². The van der Waals surface area contributed by atoms with Crippen molar-refractivity contribution in [2.75, 3.05) is 20.6 Å². The van der Waals surface area contributed by atoms with Crippen molar-refractivity contribution in [2.45, 2.75) is 12.6 Å². The van der Waals surface area contributed by atoms with Crippen molar-refractivity contribution in [1.29, 1.82) is 0 Å². The summed E-state index contributed by atoms with van der Waals surface area (Å²) >= 11 is 1.66.